The number of nitrogens with one attached hydrogen (secondary N) is 2. The third-order valence-corrected chi connectivity index (χ3v) is 3.33. The maximum absolute atomic E-state index is 11.7. The van der Waals surface area contributed by atoms with Crippen LogP contribution in [0.1, 0.15) is 5.56 Å². The first-order valence-corrected chi connectivity index (χ1v) is 6.44. The lowest BCUT2D eigenvalue weighted by atomic mass is 10.0. The zero-order chi connectivity index (χ0) is 13.7. The molecule has 1 heterocycles. The molecular weight excluding hydrogens is 244 g/mol. The van der Waals surface area contributed by atoms with Gasteiger partial charge in [0, 0.05) is 19.6 Å². The van der Waals surface area contributed by atoms with Gasteiger partial charge in [0.15, 0.2) is 0 Å². The van der Waals surface area contributed by atoms with Crippen LogP contribution in [0.3, 0.4) is 0 Å². The number of methoxy groups -OCH3 is 2. The molecule has 1 amide bonds. The van der Waals surface area contributed by atoms with Crippen molar-refractivity contribution in [2.75, 3.05) is 33.9 Å². The summed E-state index contributed by atoms with van der Waals surface area (Å²) in [6.07, 6.45) is 0.728. The highest BCUT2D eigenvalue weighted by Gasteiger charge is 2.24. The van der Waals surface area contributed by atoms with Crippen LogP contribution in [0.15, 0.2) is 18.2 Å². The van der Waals surface area contributed by atoms with E-state index in [2.05, 4.69) is 10.6 Å². The molecule has 19 heavy (non-hydrogen) atoms. The van der Waals surface area contributed by atoms with Crippen molar-refractivity contribution < 1.29 is 14.3 Å². The predicted octanol–water partition coefficient (Wildman–Crippen LogP) is 0.582. The summed E-state index contributed by atoms with van der Waals surface area (Å²) in [7, 11) is 3.28. The van der Waals surface area contributed by atoms with Gasteiger partial charge < -0.3 is 20.1 Å². The second-order valence-electron chi connectivity index (χ2n) is 4.57. The Balaban J connectivity index is 1.88. The van der Waals surface area contributed by atoms with Gasteiger partial charge in [-0.05, 0) is 30.2 Å². The number of hydrogen-bond donors (Lipinski definition) is 2. The van der Waals surface area contributed by atoms with E-state index in [1.54, 1.807) is 14.2 Å². The molecule has 0 unspecified atom stereocenters. The Bertz CT molecular complexity index is 444. The Morgan fingerprint density at radius 1 is 1.37 bits per heavy atom. The molecule has 1 aliphatic heterocycles. The molecule has 0 spiro atoms. The molecule has 2 N–H and O–H groups in total. The summed E-state index contributed by atoms with van der Waals surface area (Å²) < 4.78 is 10.5. The number of hydrogen-bond acceptors (Lipinski definition) is 4. The lowest BCUT2D eigenvalue weighted by Crippen LogP contribution is -2.51. The highest BCUT2D eigenvalue weighted by molar-refractivity contribution is 5.80. The van der Waals surface area contributed by atoms with Gasteiger partial charge in [-0.3, -0.25) is 4.79 Å². The minimum Gasteiger partial charge on any atom is -0.497 e. The van der Waals surface area contributed by atoms with Crippen LogP contribution < -0.4 is 20.1 Å². The van der Waals surface area contributed by atoms with E-state index in [1.807, 2.05) is 18.2 Å². The average molecular weight is 264 g/mol. The van der Waals surface area contributed by atoms with Crippen LogP contribution in [0.2, 0.25) is 0 Å². The smallest absolute Gasteiger partial charge is 0.225 e. The van der Waals surface area contributed by atoms with Crippen molar-refractivity contribution in [3.05, 3.63) is 23.8 Å². The first kappa shape index (κ1) is 13.7. The van der Waals surface area contributed by atoms with Crippen LogP contribution in [0, 0.1) is 5.92 Å². The van der Waals surface area contributed by atoms with Gasteiger partial charge in [0.2, 0.25) is 5.91 Å². The van der Waals surface area contributed by atoms with E-state index >= 15 is 0 Å². The summed E-state index contributed by atoms with van der Waals surface area (Å²) >= 11 is 0. The highest BCUT2D eigenvalue weighted by Crippen LogP contribution is 2.24. The zero-order valence-corrected chi connectivity index (χ0v) is 11.4. The largest absolute Gasteiger partial charge is 0.497 e. The van der Waals surface area contributed by atoms with Gasteiger partial charge in [0.25, 0.3) is 0 Å². The van der Waals surface area contributed by atoms with E-state index in [4.69, 9.17) is 9.47 Å². The van der Waals surface area contributed by atoms with Gasteiger partial charge >= 0.3 is 0 Å². The summed E-state index contributed by atoms with van der Waals surface area (Å²) in [6.45, 7) is 2.18. The number of carbonyl (C=O) groups is 1. The van der Waals surface area contributed by atoms with Gasteiger partial charge in [-0.25, -0.2) is 0 Å². The van der Waals surface area contributed by atoms with Gasteiger partial charge in [-0.1, -0.05) is 0 Å². The van der Waals surface area contributed by atoms with Crippen LogP contribution in [0.25, 0.3) is 0 Å². The molecule has 1 saturated heterocycles. The van der Waals surface area contributed by atoms with Crippen LogP contribution in [-0.2, 0) is 11.2 Å². The summed E-state index contributed by atoms with van der Waals surface area (Å²) in [5, 5.41) is 6.03. The monoisotopic (exact) mass is 264 g/mol. The van der Waals surface area contributed by atoms with Crippen molar-refractivity contribution in [2.24, 2.45) is 5.92 Å². The van der Waals surface area contributed by atoms with Gasteiger partial charge in [-0.15, -0.1) is 0 Å². The fourth-order valence-corrected chi connectivity index (χ4v) is 2.02. The van der Waals surface area contributed by atoms with E-state index < -0.39 is 0 Å². The van der Waals surface area contributed by atoms with E-state index in [0.717, 1.165) is 36.6 Å². The summed E-state index contributed by atoms with van der Waals surface area (Å²) in [6, 6.07) is 5.68. The Labute approximate surface area is 113 Å². The third kappa shape index (κ3) is 3.38. The molecule has 0 aromatic heterocycles. The van der Waals surface area contributed by atoms with E-state index in [-0.39, 0.29) is 11.8 Å². The maximum atomic E-state index is 11.7. The molecule has 1 aromatic rings. The van der Waals surface area contributed by atoms with Crippen LogP contribution in [-0.4, -0.2) is 39.8 Å². The molecule has 0 aliphatic carbocycles. The molecule has 0 bridgehead atoms. The zero-order valence-electron chi connectivity index (χ0n) is 11.4. The third-order valence-electron chi connectivity index (χ3n) is 3.33. The van der Waals surface area contributed by atoms with Crippen LogP contribution in [0.4, 0.5) is 0 Å². The summed E-state index contributed by atoms with van der Waals surface area (Å²) in [4.78, 5) is 11.7. The Kier molecular flexibility index (Phi) is 4.63. The second-order valence-corrected chi connectivity index (χ2v) is 4.57. The first-order valence-electron chi connectivity index (χ1n) is 6.44. The van der Waals surface area contributed by atoms with Crippen LogP contribution in [0.5, 0.6) is 11.5 Å². The van der Waals surface area contributed by atoms with Gasteiger partial charge in [0.1, 0.15) is 11.5 Å². The topological polar surface area (TPSA) is 59.6 Å². The fraction of sp³-hybridized carbons (Fsp3) is 0.500. The molecule has 1 aromatic carbocycles. The molecular formula is C14H20N2O3. The molecule has 0 radical (unpaired) electrons. The minimum absolute atomic E-state index is 0.126. The Morgan fingerprint density at radius 3 is 2.74 bits per heavy atom. The van der Waals surface area contributed by atoms with Gasteiger partial charge in [-0.2, -0.15) is 0 Å². The fourth-order valence-electron chi connectivity index (χ4n) is 2.02. The van der Waals surface area contributed by atoms with E-state index in [1.165, 1.54) is 0 Å². The van der Waals surface area contributed by atoms with Crippen molar-refractivity contribution >= 4 is 5.91 Å². The predicted molar refractivity (Wildman–Crippen MR) is 72.6 cm³/mol. The van der Waals surface area contributed by atoms with Crippen molar-refractivity contribution in [2.45, 2.75) is 6.42 Å². The highest BCUT2D eigenvalue weighted by atomic mass is 16.5. The van der Waals surface area contributed by atoms with Crippen molar-refractivity contribution in [1.29, 1.82) is 0 Å². The standard InChI is InChI=1S/C14H20N2O3/c1-18-12-3-4-13(19-2)10(7-12)5-6-16-14(17)11-8-15-9-11/h3-4,7,11,15H,5-6,8-9H2,1-2H3,(H,16,17). The van der Waals surface area contributed by atoms with Crippen molar-refractivity contribution in [3.8, 4) is 11.5 Å². The maximum Gasteiger partial charge on any atom is 0.225 e. The second kappa shape index (κ2) is 6.43. The van der Waals surface area contributed by atoms with Gasteiger partial charge in [0.05, 0.1) is 20.1 Å². The number of benzene rings is 1. The lowest BCUT2D eigenvalue weighted by molar-refractivity contribution is -0.126. The minimum atomic E-state index is 0.126. The number of carbonyl (C=O) groups excluding carboxylic acids is 1. The number of amides is 1. The molecule has 5 heteroatoms. The van der Waals surface area contributed by atoms with Crippen LogP contribution >= 0.6 is 0 Å². The van der Waals surface area contributed by atoms with Crippen molar-refractivity contribution in [1.82, 2.24) is 10.6 Å². The molecule has 5 nitrogen and oxygen atoms in total. The Morgan fingerprint density at radius 2 is 2.16 bits per heavy atom. The quantitative estimate of drug-likeness (QED) is 0.789. The average Bonchev–Trinajstić information content (AvgIpc) is 2.36. The lowest BCUT2D eigenvalue weighted by Gasteiger charge is -2.25. The molecule has 1 aliphatic rings. The number of ether oxygens (including phenoxy) is 2. The SMILES string of the molecule is COc1ccc(OC)c(CCNC(=O)C2CNC2)c1. The molecule has 0 saturated carbocycles. The summed E-state index contributed by atoms with van der Waals surface area (Å²) in [5.41, 5.74) is 1.04. The normalized spacial score (nSPS) is 14.6. The van der Waals surface area contributed by atoms with E-state index in [9.17, 15) is 4.79 Å². The molecule has 1 fully saturated rings. The first-order chi connectivity index (χ1) is 9.24. The molecule has 104 valence electrons. The molecule has 2 rings (SSSR count). The van der Waals surface area contributed by atoms with Crippen molar-refractivity contribution in [3.63, 3.8) is 0 Å². The van der Waals surface area contributed by atoms with E-state index in [0.29, 0.717) is 6.54 Å². The summed E-state index contributed by atoms with van der Waals surface area (Å²) in [5.74, 6) is 1.87. The Hall–Kier alpha value is -1.75. The molecule has 0 atom stereocenters. The number of rotatable bonds is 6.